The summed E-state index contributed by atoms with van der Waals surface area (Å²) >= 11 is 0. The van der Waals surface area contributed by atoms with E-state index in [-0.39, 0.29) is 5.41 Å². The van der Waals surface area contributed by atoms with Gasteiger partial charge in [-0.2, -0.15) is 0 Å². The minimum absolute atomic E-state index is 0.152. The molecule has 0 unspecified atom stereocenters. The van der Waals surface area contributed by atoms with Gasteiger partial charge in [-0.1, -0.05) is 232 Å². The van der Waals surface area contributed by atoms with Gasteiger partial charge in [-0.15, -0.1) is 0 Å². The molecule has 0 atom stereocenters. The molecular weight excluding hydrogens is 771 g/mol. The number of nitrogens with zero attached hydrogens (tertiary/aromatic N) is 1. The third kappa shape index (κ3) is 6.93. The third-order valence-corrected chi connectivity index (χ3v) is 13.1. The van der Waals surface area contributed by atoms with Gasteiger partial charge in [0.15, 0.2) is 0 Å². The molecule has 0 radical (unpaired) electrons. The Morgan fingerprint density at radius 3 is 1.41 bits per heavy atom. The Morgan fingerprint density at radius 1 is 0.266 bits per heavy atom. The fourth-order valence-corrected chi connectivity index (χ4v) is 9.97. The first-order chi connectivity index (χ1) is 31.5. The molecule has 0 bridgehead atoms. The SMILES string of the molecule is CC1(C)c2ccccc2-c2ccc(N(c3cccc(-c4cccc(-c5ccccc5)c4-c4ccccc4-c4ccccc4)c3)c3ccccc3-c3ccc(-c4ccccc4)cc3)cc21. The van der Waals surface area contributed by atoms with Crippen LogP contribution in [0.2, 0.25) is 0 Å². The molecule has 1 aliphatic rings. The second kappa shape index (κ2) is 16.4. The first kappa shape index (κ1) is 38.9. The Labute approximate surface area is 377 Å². The molecule has 64 heavy (non-hydrogen) atoms. The van der Waals surface area contributed by atoms with E-state index in [1.165, 1.54) is 83.5 Å². The first-order valence-corrected chi connectivity index (χ1v) is 22.3. The molecule has 0 aliphatic heterocycles. The highest BCUT2D eigenvalue weighted by Gasteiger charge is 2.36. The van der Waals surface area contributed by atoms with E-state index in [0.29, 0.717) is 0 Å². The van der Waals surface area contributed by atoms with Gasteiger partial charge in [-0.05, 0) is 114 Å². The molecule has 0 heterocycles. The molecule has 304 valence electrons. The molecule has 1 heteroatoms. The van der Waals surface area contributed by atoms with Gasteiger partial charge in [0, 0.05) is 22.4 Å². The predicted molar refractivity (Wildman–Crippen MR) is 271 cm³/mol. The number of fused-ring (bicyclic) bond motifs is 3. The lowest BCUT2D eigenvalue weighted by Gasteiger charge is -2.30. The largest absolute Gasteiger partial charge is 0.310 e. The first-order valence-electron chi connectivity index (χ1n) is 22.3. The maximum Gasteiger partial charge on any atom is 0.0540 e. The molecule has 0 saturated carbocycles. The summed E-state index contributed by atoms with van der Waals surface area (Å²) in [6.07, 6.45) is 0. The zero-order chi connectivity index (χ0) is 43.0. The van der Waals surface area contributed by atoms with Crippen molar-refractivity contribution in [2.24, 2.45) is 0 Å². The average Bonchev–Trinajstić information content (AvgIpc) is 3.60. The van der Waals surface area contributed by atoms with Crippen LogP contribution in [-0.2, 0) is 5.41 Å². The zero-order valence-electron chi connectivity index (χ0n) is 36.1. The maximum atomic E-state index is 2.47. The van der Waals surface area contributed by atoms with Crippen molar-refractivity contribution in [2.75, 3.05) is 4.90 Å². The minimum atomic E-state index is -0.152. The topological polar surface area (TPSA) is 3.24 Å². The Kier molecular flexibility index (Phi) is 9.94. The van der Waals surface area contributed by atoms with Crippen LogP contribution in [0.3, 0.4) is 0 Å². The molecule has 10 aromatic carbocycles. The number of benzene rings is 10. The van der Waals surface area contributed by atoms with Crippen LogP contribution >= 0.6 is 0 Å². The minimum Gasteiger partial charge on any atom is -0.310 e. The van der Waals surface area contributed by atoms with Gasteiger partial charge in [0.1, 0.15) is 0 Å². The number of hydrogen-bond donors (Lipinski definition) is 0. The average molecular weight is 818 g/mol. The van der Waals surface area contributed by atoms with E-state index in [1.54, 1.807) is 0 Å². The summed E-state index contributed by atoms with van der Waals surface area (Å²) in [6, 6.07) is 90.9. The van der Waals surface area contributed by atoms with E-state index >= 15 is 0 Å². The van der Waals surface area contributed by atoms with Crippen molar-refractivity contribution < 1.29 is 0 Å². The van der Waals surface area contributed by atoms with Gasteiger partial charge in [-0.25, -0.2) is 0 Å². The van der Waals surface area contributed by atoms with Crippen molar-refractivity contribution in [1.82, 2.24) is 0 Å². The maximum absolute atomic E-state index is 2.47. The fourth-order valence-electron chi connectivity index (χ4n) is 9.97. The van der Waals surface area contributed by atoms with E-state index in [0.717, 1.165) is 22.6 Å². The van der Waals surface area contributed by atoms with E-state index in [1.807, 2.05) is 0 Å². The van der Waals surface area contributed by atoms with Crippen molar-refractivity contribution >= 4 is 17.1 Å². The summed E-state index contributed by atoms with van der Waals surface area (Å²) in [7, 11) is 0. The summed E-state index contributed by atoms with van der Waals surface area (Å²) in [5.74, 6) is 0. The monoisotopic (exact) mass is 817 g/mol. The Balaban J connectivity index is 1.12. The van der Waals surface area contributed by atoms with Crippen LogP contribution in [-0.4, -0.2) is 0 Å². The van der Waals surface area contributed by atoms with Crippen LogP contribution in [0.15, 0.2) is 249 Å². The molecule has 0 N–H and O–H groups in total. The van der Waals surface area contributed by atoms with E-state index in [2.05, 4.69) is 267 Å². The predicted octanol–water partition coefficient (Wildman–Crippen LogP) is 17.5. The van der Waals surface area contributed by atoms with Crippen LogP contribution in [0.1, 0.15) is 25.0 Å². The lowest BCUT2D eigenvalue weighted by Crippen LogP contribution is -2.17. The zero-order valence-corrected chi connectivity index (χ0v) is 36.1. The second-order valence-corrected chi connectivity index (χ2v) is 17.3. The number of hydrogen-bond acceptors (Lipinski definition) is 1. The quantitative estimate of drug-likeness (QED) is 0.140. The van der Waals surface area contributed by atoms with Crippen molar-refractivity contribution in [2.45, 2.75) is 19.3 Å². The van der Waals surface area contributed by atoms with E-state index in [9.17, 15) is 0 Å². The standard InChI is InChI=1S/C63H47N/c1-63(2)59-34-16-14-30-56(59)57-41-40-51(43-60(57)63)64(61-35-17-15-29-53(61)48-38-36-45(37-39-48)44-20-6-3-7-21-44)50-27-18-26-49(42-50)55-33-19-32-54(47-24-10-5-11-25-47)62(55)58-31-13-12-28-52(58)46-22-8-4-9-23-46/h3-43H,1-2H3. The third-order valence-electron chi connectivity index (χ3n) is 13.1. The molecule has 1 nitrogen and oxygen atoms in total. The molecular formula is C63H47N. The Bertz CT molecular complexity index is 3270. The summed E-state index contributed by atoms with van der Waals surface area (Å²) in [5.41, 5.74) is 22.8. The van der Waals surface area contributed by atoms with Crippen molar-refractivity contribution in [1.29, 1.82) is 0 Å². The van der Waals surface area contributed by atoms with Gasteiger partial charge in [0.05, 0.1) is 5.69 Å². The molecule has 0 aromatic heterocycles. The van der Waals surface area contributed by atoms with Gasteiger partial charge in [0.25, 0.3) is 0 Å². The van der Waals surface area contributed by atoms with Gasteiger partial charge in [-0.3, -0.25) is 0 Å². The Morgan fingerprint density at radius 2 is 0.703 bits per heavy atom. The smallest absolute Gasteiger partial charge is 0.0540 e. The Hall–Kier alpha value is -8.00. The highest BCUT2D eigenvalue weighted by Crippen LogP contribution is 2.52. The highest BCUT2D eigenvalue weighted by atomic mass is 15.1. The lowest BCUT2D eigenvalue weighted by atomic mass is 9.82. The van der Waals surface area contributed by atoms with Crippen LogP contribution in [0.5, 0.6) is 0 Å². The van der Waals surface area contributed by atoms with Gasteiger partial charge >= 0.3 is 0 Å². The molecule has 0 amide bonds. The van der Waals surface area contributed by atoms with E-state index < -0.39 is 0 Å². The summed E-state index contributed by atoms with van der Waals surface area (Å²) in [5, 5.41) is 0. The van der Waals surface area contributed by atoms with Crippen molar-refractivity contribution in [3.05, 3.63) is 260 Å². The normalized spacial score (nSPS) is 12.3. The molecule has 0 saturated heterocycles. The molecule has 0 fully saturated rings. The molecule has 11 rings (SSSR count). The summed E-state index contributed by atoms with van der Waals surface area (Å²) in [6.45, 7) is 4.73. The summed E-state index contributed by atoms with van der Waals surface area (Å²) < 4.78 is 0. The molecule has 10 aromatic rings. The lowest BCUT2D eigenvalue weighted by molar-refractivity contribution is 0.660. The van der Waals surface area contributed by atoms with Crippen LogP contribution in [0, 0.1) is 0 Å². The molecule has 1 aliphatic carbocycles. The van der Waals surface area contributed by atoms with Gasteiger partial charge < -0.3 is 4.90 Å². The number of anilines is 3. The second-order valence-electron chi connectivity index (χ2n) is 17.3. The van der Waals surface area contributed by atoms with Crippen LogP contribution in [0.25, 0.3) is 77.9 Å². The van der Waals surface area contributed by atoms with E-state index in [4.69, 9.17) is 0 Å². The molecule has 0 spiro atoms. The summed E-state index contributed by atoms with van der Waals surface area (Å²) in [4.78, 5) is 2.47. The van der Waals surface area contributed by atoms with Crippen molar-refractivity contribution in [3.63, 3.8) is 0 Å². The number of para-hydroxylation sites is 1. The highest BCUT2D eigenvalue weighted by molar-refractivity contribution is 6.00. The van der Waals surface area contributed by atoms with Crippen LogP contribution in [0.4, 0.5) is 17.1 Å². The van der Waals surface area contributed by atoms with Crippen molar-refractivity contribution in [3.8, 4) is 77.9 Å². The number of rotatable bonds is 9. The van der Waals surface area contributed by atoms with Crippen LogP contribution < -0.4 is 4.90 Å². The fraction of sp³-hybridized carbons (Fsp3) is 0.0476. The van der Waals surface area contributed by atoms with Gasteiger partial charge in [0.2, 0.25) is 0 Å².